The van der Waals surface area contributed by atoms with Gasteiger partial charge in [0.15, 0.2) is 17.4 Å². The van der Waals surface area contributed by atoms with E-state index in [1.807, 2.05) is 20.8 Å². The third-order valence-corrected chi connectivity index (χ3v) is 2.66. The predicted octanol–water partition coefficient (Wildman–Crippen LogP) is 3.00. The monoisotopic (exact) mass is 287 g/mol. The summed E-state index contributed by atoms with van der Waals surface area (Å²) in [6, 6.07) is 2.53. The van der Waals surface area contributed by atoms with Gasteiger partial charge >= 0.3 is 0 Å². The van der Waals surface area contributed by atoms with Crippen LogP contribution in [-0.2, 0) is 6.54 Å². The molecule has 1 unspecified atom stereocenters. The standard InChI is InChI=1S/C15H23F2NO2/c1-10(19)5-6-20-14-12(16)7-11(8-13(14)17)9-18-15(2,3)4/h7-8,10,18-19H,5-6,9H2,1-4H3. The summed E-state index contributed by atoms with van der Waals surface area (Å²) in [5, 5.41) is 12.2. The first kappa shape index (κ1) is 16.9. The average Bonchev–Trinajstić information content (AvgIpc) is 2.29. The van der Waals surface area contributed by atoms with Crippen LogP contribution in [0.1, 0.15) is 39.7 Å². The zero-order chi connectivity index (χ0) is 15.3. The van der Waals surface area contributed by atoms with Gasteiger partial charge in [0.1, 0.15) is 0 Å². The van der Waals surface area contributed by atoms with E-state index in [9.17, 15) is 8.78 Å². The topological polar surface area (TPSA) is 41.5 Å². The van der Waals surface area contributed by atoms with Gasteiger partial charge in [-0.25, -0.2) is 8.78 Å². The fourth-order valence-corrected chi connectivity index (χ4v) is 1.55. The molecule has 0 amide bonds. The van der Waals surface area contributed by atoms with Crippen LogP contribution >= 0.6 is 0 Å². The molecule has 0 saturated carbocycles. The Hall–Kier alpha value is -1.20. The third kappa shape index (κ3) is 5.84. The number of benzene rings is 1. The minimum absolute atomic E-state index is 0.0745. The summed E-state index contributed by atoms with van der Waals surface area (Å²) in [6.07, 6.45) is -0.233. The van der Waals surface area contributed by atoms with Crippen LogP contribution in [0.3, 0.4) is 0 Å². The second kappa shape index (κ2) is 6.99. The highest BCUT2D eigenvalue weighted by Crippen LogP contribution is 2.24. The third-order valence-electron chi connectivity index (χ3n) is 2.66. The van der Waals surface area contributed by atoms with Gasteiger partial charge in [-0.1, -0.05) is 0 Å². The first-order valence-corrected chi connectivity index (χ1v) is 6.73. The molecule has 5 heteroatoms. The van der Waals surface area contributed by atoms with Gasteiger partial charge in [0.2, 0.25) is 0 Å². The average molecular weight is 287 g/mol. The molecule has 20 heavy (non-hydrogen) atoms. The van der Waals surface area contributed by atoms with Crippen LogP contribution in [0.2, 0.25) is 0 Å². The quantitative estimate of drug-likeness (QED) is 0.845. The highest BCUT2D eigenvalue weighted by molar-refractivity contribution is 5.31. The molecule has 0 aromatic heterocycles. The van der Waals surface area contributed by atoms with Crippen LogP contribution in [0, 0.1) is 11.6 Å². The Morgan fingerprint density at radius 2 is 1.80 bits per heavy atom. The lowest BCUT2D eigenvalue weighted by atomic mass is 10.1. The number of rotatable bonds is 6. The maximum Gasteiger partial charge on any atom is 0.190 e. The van der Waals surface area contributed by atoms with E-state index in [1.165, 1.54) is 12.1 Å². The molecule has 0 aliphatic carbocycles. The van der Waals surface area contributed by atoms with Gasteiger partial charge in [-0.05, 0) is 45.4 Å². The molecule has 1 aromatic carbocycles. The van der Waals surface area contributed by atoms with E-state index in [4.69, 9.17) is 9.84 Å². The van der Waals surface area contributed by atoms with E-state index >= 15 is 0 Å². The van der Waals surface area contributed by atoms with Gasteiger partial charge in [-0.3, -0.25) is 0 Å². The normalized spacial score (nSPS) is 13.3. The molecule has 1 aromatic rings. The van der Waals surface area contributed by atoms with Crippen molar-refractivity contribution in [1.82, 2.24) is 5.32 Å². The van der Waals surface area contributed by atoms with Crippen molar-refractivity contribution < 1.29 is 18.6 Å². The summed E-state index contributed by atoms with van der Waals surface area (Å²) >= 11 is 0. The van der Waals surface area contributed by atoms with Gasteiger partial charge in [0.05, 0.1) is 12.7 Å². The molecule has 0 aliphatic rings. The van der Waals surface area contributed by atoms with E-state index in [1.54, 1.807) is 6.92 Å². The molecule has 2 N–H and O–H groups in total. The summed E-state index contributed by atoms with van der Waals surface area (Å²) in [6.45, 7) is 7.99. The summed E-state index contributed by atoms with van der Waals surface area (Å²) in [4.78, 5) is 0. The van der Waals surface area contributed by atoms with Gasteiger partial charge in [0, 0.05) is 18.5 Å². The summed E-state index contributed by atoms with van der Waals surface area (Å²) in [5.74, 6) is -1.83. The van der Waals surface area contributed by atoms with Crippen LogP contribution in [-0.4, -0.2) is 23.4 Å². The molecule has 3 nitrogen and oxygen atoms in total. The lowest BCUT2D eigenvalue weighted by Crippen LogP contribution is -2.35. The fraction of sp³-hybridized carbons (Fsp3) is 0.600. The minimum Gasteiger partial charge on any atom is -0.488 e. The zero-order valence-corrected chi connectivity index (χ0v) is 12.5. The summed E-state index contributed by atoms with van der Waals surface area (Å²) in [7, 11) is 0. The van der Waals surface area contributed by atoms with Crippen molar-refractivity contribution in [2.24, 2.45) is 0 Å². The fourth-order valence-electron chi connectivity index (χ4n) is 1.55. The molecule has 114 valence electrons. The largest absolute Gasteiger partial charge is 0.488 e. The van der Waals surface area contributed by atoms with E-state index in [-0.39, 0.29) is 17.9 Å². The summed E-state index contributed by atoms with van der Waals surface area (Å²) < 4.78 is 32.6. The molecule has 1 rings (SSSR count). The minimum atomic E-state index is -0.721. The Morgan fingerprint density at radius 1 is 1.25 bits per heavy atom. The molecule has 0 fully saturated rings. The van der Waals surface area contributed by atoms with Crippen molar-refractivity contribution >= 4 is 0 Å². The predicted molar refractivity (Wildman–Crippen MR) is 74.7 cm³/mol. The number of aliphatic hydroxyl groups excluding tert-OH is 1. The summed E-state index contributed by atoms with van der Waals surface area (Å²) in [5.41, 5.74) is 0.400. The van der Waals surface area contributed by atoms with Crippen molar-refractivity contribution in [2.75, 3.05) is 6.61 Å². The molecular weight excluding hydrogens is 264 g/mol. The second-order valence-electron chi connectivity index (χ2n) is 5.98. The van der Waals surface area contributed by atoms with Crippen molar-refractivity contribution in [2.45, 2.75) is 52.3 Å². The number of halogens is 2. The van der Waals surface area contributed by atoms with E-state index in [0.717, 1.165) is 0 Å². The Bertz CT molecular complexity index is 419. The molecule has 0 spiro atoms. The second-order valence-corrected chi connectivity index (χ2v) is 5.98. The SMILES string of the molecule is CC(O)CCOc1c(F)cc(CNC(C)(C)C)cc1F. The van der Waals surface area contributed by atoms with Crippen LogP contribution in [0.15, 0.2) is 12.1 Å². The first-order chi connectivity index (χ1) is 9.19. The Morgan fingerprint density at radius 3 is 2.25 bits per heavy atom. The van der Waals surface area contributed by atoms with Crippen molar-refractivity contribution in [3.8, 4) is 5.75 Å². The van der Waals surface area contributed by atoms with Crippen LogP contribution in [0.25, 0.3) is 0 Å². The molecule has 0 aliphatic heterocycles. The van der Waals surface area contributed by atoms with E-state index in [0.29, 0.717) is 18.5 Å². The van der Waals surface area contributed by atoms with Crippen molar-refractivity contribution in [3.63, 3.8) is 0 Å². The number of aliphatic hydroxyl groups is 1. The first-order valence-electron chi connectivity index (χ1n) is 6.73. The number of ether oxygens (including phenoxy) is 1. The Balaban J connectivity index is 2.71. The number of hydrogen-bond donors (Lipinski definition) is 2. The lowest BCUT2D eigenvalue weighted by Gasteiger charge is -2.20. The molecule has 0 heterocycles. The van der Waals surface area contributed by atoms with E-state index in [2.05, 4.69) is 5.32 Å². The van der Waals surface area contributed by atoms with Crippen LogP contribution in [0.4, 0.5) is 8.78 Å². The number of hydrogen-bond acceptors (Lipinski definition) is 3. The maximum absolute atomic E-state index is 13.8. The zero-order valence-electron chi connectivity index (χ0n) is 12.5. The van der Waals surface area contributed by atoms with Gasteiger partial charge in [0.25, 0.3) is 0 Å². The molecule has 0 saturated heterocycles. The number of nitrogens with one attached hydrogen (secondary N) is 1. The Labute approximate surface area is 119 Å². The van der Waals surface area contributed by atoms with Crippen molar-refractivity contribution in [3.05, 3.63) is 29.3 Å². The lowest BCUT2D eigenvalue weighted by molar-refractivity contribution is 0.151. The van der Waals surface area contributed by atoms with Crippen molar-refractivity contribution in [1.29, 1.82) is 0 Å². The maximum atomic E-state index is 13.8. The smallest absolute Gasteiger partial charge is 0.190 e. The van der Waals surface area contributed by atoms with Crippen LogP contribution < -0.4 is 10.1 Å². The molecule has 1 atom stereocenters. The van der Waals surface area contributed by atoms with Gasteiger partial charge in [-0.2, -0.15) is 0 Å². The van der Waals surface area contributed by atoms with Gasteiger partial charge < -0.3 is 15.2 Å². The highest BCUT2D eigenvalue weighted by atomic mass is 19.1. The molecule has 0 bridgehead atoms. The van der Waals surface area contributed by atoms with Crippen LogP contribution in [0.5, 0.6) is 5.75 Å². The highest BCUT2D eigenvalue weighted by Gasteiger charge is 2.15. The molecular formula is C15H23F2NO2. The Kier molecular flexibility index (Phi) is 5.89. The molecule has 0 radical (unpaired) electrons. The van der Waals surface area contributed by atoms with E-state index < -0.39 is 17.7 Å². The van der Waals surface area contributed by atoms with Gasteiger partial charge in [-0.15, -0.1) is 0 Å².